The van der Waals surface area contributed by atoms with Crippen LogP contribution in [0.4, 0.5) is 5.95 Å². The molecule has 0 saturated carbocycles. The van der Waals surface area contributed by atoms with E-state index < -0.39 is 0 Å². The van der Waals surface area contributed by atoms with Crippen LogP contribution < -0.4 is 5.32 Å². The molecule has 7 nitrogen and oxygen atoms in total. The zero-order valence-electron chi connectivity index (χ0n) is 10.3. The molecule has 0 saturated heterocycles. The number of nitrogens with zero attached hydrogens (tertiary/aromatic N) is 5. The zero-order valence-corrected chi connectivity index (χ0v) is 11.0. The van der Waals surface area contributed by atoms with E-state index in [1.165, 1.54) is 0 Å². The SMILES string of the molecule is CCCNc1nc(-n2cc(Cl)cn2)c2[nH]cnc2n1. The number of hydrogen-bond donors (Lipinski definition) is 2. The van der Waals surface area contributed by atoms with E-state index in [9.17, 15) is 0 Å². The molecule has 3 heterocycles. The lowest BCUT2D eigenvalue weighted by Crippen LogP contribution is -2.08. The molecule has 0 aliphatic rings. The van der Waals surface area contributed by atoms with Gasteiger partial charge in [-0.25, -0.2) is 9.67 Å². The van der Waals surface area contributed by atoms with Gasteiger partial charge in [-0.05, 0) is 6.42 Å². The molecule has 19 heavy (non-hydrogen) atoms. The molecular formula is C11H12ClN7. The predicted molar refractivity (Wildman–Crippen MR) is 72.6 cm³/mol. The van der Waals surface area contributed by atoms with Crippen LogP contribution in [0.15, 0.2) is 18.7 Å². The molecule has 3 aromatic rings. The summed E-state index contributed by atoms with van der Waals surface area (Å²) in [6.07, 6.45) is 5.82. The number of rotatable bonds is 4. The molecule has 2 N–H and O–H groups in total. The summed E-state index contributed by atoms with van der Waals surface area (Å²) in [5.74, 6) is 1.15. The second-order valence-electron chi connectivity index (χ2n) is 4.00. The first-order valence-electron chi connectivity index (χ1n) is 5.93. The first-order chi connectivity index (χ1) is 9.28. The van der Waals surface area contributed by atoms with E-state index in [-0.39, 0.29) is 0 Å². The highest BCUT2D eigenvalue weighted by Gasteiger charge is 2.12. The number of nitrogens with one attached hydrogen (secondary N) is 2. The molecule has 8 heteroatoms. The molecule has 3 rings (SSSR count). The Morgan fingerprint density at radius 2 is 2.32 bits per heavy atom. The normalized spacial score (nSPS) is 11.1. The first-order valence-corrected chi connectivity index (χ1v) is 6.31. The van der Waals surface area contributed by atoms with Gasteiger partial charge in [-0.1, -0.05) is 18.5 Å². The highest BCUT2D eigenvalue weighted by Crippen LogP contribution is 2.18. The van der Waals surface area contributed by atoms with Crippen molar-refractivity contribution in [2.75, 3.05) is 11.9 Å². The maximum atomic E-state index is 5.89. The number of imidazole rings is 1. The summed E-state index contributed by atoms with van der Waals surface area (Å²) in [4.78, 5) is 15.9. The Hall–Kier alpha value is -2.15. The van der Waals surface area contributed by atoms with Gasteiger partial charge in [0.05, 0.1) is 23.7 Å². The first kappa shape index (κ1) is 11.9. The quantitative estimate of drug-likeness (QED) is 0.762. The van der Waals surface area contributed by atoms with Gasteiger partial charge < -0.3 is 10.3 Å². The predicted octanol–water partition coefficient (Wildman–Crippen LogP) is 2.01. The van der Waals surface area contributed by atoms with E-state index in [1.807, 2.05) is 0 Å². The van der Waals surface area contributed by atoms with E-state index in [2.05, 4.69) is 37.3 Å². The third-order valence-corrected chi connectivity index (χ3v) is 2.76. The minimum Gasteiger partial charge on any atom is -0.354 e. The molecular weight excluding hydrogens is 266 g/mol. The lowest BCUT2D eigenvalue weighted by Gasteiger charge is -2.06. The van der Waals surface area contributed by atoms with Gasteiger partial charge in [0.1, 0.15) is 5.52 Å². The van der Waals surface area contributed by atoms with Crippen molar-refractivity contribution in [2.45, 2.75) is 13.3 Å². The summed E-state index contributed by atoms with van der Waals surface area (Å²) >= 11 is 5.89. The summed E-state index contributed by atoms with van der Waals surface area (Å²) in [5, 5.41) is 7.85. The molecule has 0 spiro atoms. The van der Waals surface area contributed by atoms with Crippen LogP contribution in [-0.2, 0) is 0 Å². The van der Waals surface area contributed by atoms with E-state index in [4.69, 9.17) is 11.6 Å². The van der Waals surface area contributed by atoms with Crippen molar-refractivity contribution in [3.63, 3.8) is 0 Å². The Bertz CT molecular complexity index is 702. The summed E-state index contributed by atoms with van der Waals surface area (Å²) in [6.45, 7) is 2.88. The van der Waals surface area contributed by atoms with Gasteiger partial charge in [0.15, 0.2) is 11.5 Å². The molecule has 3 aromatic heterocycles. The Kier molecular flexibility index (Phi) is 3.04. The average Bonchev–Trinajstić information content (AvgIpc) is 3.03. The number of hydrogen-bond acceptors (Lipinski definition) is 5. The molecule has 0 unspecified atom stereocenters. The van der Waals surface area contributed by atoms with Gasteiger partial charge in [0, 0.05) is 6.54 Å². The Labute approximate surface area is 114 Å². The molecule has 0 fully saturated rings. The van der Waals surface area contributed by atoms with Crippen LogP contribution in [0.5, 0.6) is 0 Å². The van der Waals surface area contributed by atoms with Crippen LogP contribution in [0.1, 0.15) is 13.3 Å². The van der Waals surface area contributed by atoms with Crippen molar-refractivity contribution >= 4 is 28.7 Å². The molecule has 0 bridgehead atoms. The number of fused-ring (bicyclic) bond motifs is 1. The van der Waals surface area contributed by atoms with Crippen LogP contribution in [0.3, 0.4) is 0 Å². The zero-order chi connectivity index (χ0) is 13.2. The Morgan fingerprint density at radius 3 is 3.05 bits per heavy atom. The van der Waals surface area contributed by atoms with Gasteiger partial charge in [0.2, 0.25) is 5.95 Å². The standard InChI is InChI=1S/C11H12ClN7/c1-2-3-13-11-17-9-8(14-6-15-9)10(18-11)19-5-7(12)4-16-19/h4-6H,2-3H2,1H3,(H2,13,14,15,17,18). The third-order valence-electron chi connectivity index (χ3n) is 2.57. The molecule has 0 amide bonds. The second kappa shape index (κ2) is 4.85. The smallest absolute Gasteiger partial charge is 0.226 e. The van der Waals surface area contributed by atoms with Crippen LogP contribution >= 0.6 is 11.6 Å². The fourth-order valence-electron chi connectivity index (χ4n) is 1.72. The second-order valence-corrected chi connectivity index (χ2v) is 4.44. The van der Waals surface area contributed by atoms with Crippen LogP contribution in [-0.4, -0.2) is 36.3 Å². The fraction of sp³-hybridized carbons (Fsp3) is 0.273. The fourth-order valence-corrected chi connectivity index (χ4v) is 1.85. The van der Waals surface area contributed by atoms with E-state index >= 15 is 0 Å². The molecule has 98 valence electrons. The molecule has 0 radical (unpaired) electrons. The molecule has 0 aliphatic heterocycles. The van der Waals surface area contributed by atoms with Crippen molar-refractivity contribution < 1.29 is 0 Å². The van der Waals surface area contributed by atoms with Gasteiger partial charge in [0.25, 0.3) is 0 Å². The van der Waals surface area contributed by atoms with Gasteiger partial charge in [-0.2, -0.15) is 15.1 Å². The topological polar surface area (TPSA) is 84.3 Å². The largest absolute Gasteiger partial charge is 0.354 e. The average molecular weight is 278 g/mol. The number of aromatic amines is 1. The number of halogens is 1. The summed E-state index contributed by atoms with van der Waals surface area (Å²) in [7, 11) is 0. The summed E-state index contributed by atoms with van der Waals surface area (Å²) in [6, 6.07) is 0. The molecule has 0 aromatic carbocycles. The van der Waals surface area contributed by atoms with Gasteiger partial charge >= 0.3 is 0 Å². The van der Waals surface area contributed by atoms with E-state index in [1.54, 1.807) is 23.4 Å². The Morgan fingerprint density at radius 1 is 1.42 bits per heavy atom. The van der Waals surface area contributed by atoms with E-state index in [0.717, 1.165) is 18.5 Å². The highest BCUT2D eigenvalue weighted by atomic mass is 35.5. The highest BCUT2D eigenvalue weighted by molar-refractivity contribution is 6.30. The van der Waals surface area contributed by atoms with Crippen molar-refractivity contribution in [3.8, 4) is 5.82 Å². The van der Waals surface area contributed by atoms with Crippen molar-refractivity contribution in [2.24, 2.45) is 0 Å². The minimum absolute atomic E-state index is 0.531. The van der Waals surface area contributed by atoms with Crippen molar-refractivity contribution in [1.29, 1.82) is 0 Å². The van der Waals surface area contributed by atoms with Crippen molar-refractivity contribution in [1.82, 2.24) is 29.7 Å². The Balaban J connectivity index is 2.12. The number of aromatic nitrogens is 6. The summed E-state index contributed by atoms with van der Waals surface area (Å²) < 4.78 is 1.60. The number of H-pyrrole nitrogens is 1. The monoisotopic (exact) mass is 277 g/mol. The minimum atomic E-state index is 0.531. The molecule has 0 atom stereocenters. The third kappa shape index (κ3) is 2.24. The summed E-state index contributed by atoms with van der Waals surface area (Å²) in [5.41, 5.74) is 1.32. The molecule has 0 aliphatic carbocycles. The maximum absolute atomic E-state index is 5.89. The lowest BCUT2D eigenvalue weighted by molar-refractivity contribution is 0.845. The van der Waals surface area contributed by atoms with Crippen LogP contribution in [0, 0.1) is 0 Å². The number of anilines is 1. The maximum Gasteiger partial charge on any atom is 0.226 e. The van der Waals surface area contributed by atoms with E-state index in [0.29, 0.717) is 22.4 Å². The van der Waals surface area contributed by atoms with Crippen molar-refractivity contribution in [3.05, 3.63) is 23.7 Å². The van der Waals surface area contributed by atoms with Crippen LogP contribution in [0.25, 0.3) is 17.0 Å². The van der Waals surface area contributed by atoms with Gasteiger partial charge in [-0.3, -0.25) is 0 Å². The lowest BCUT2D eigenvalue weighted by atomic mass is 10.4. The van der Waals surface area contributed by atoms with Crippen LogP contribution in [0.2, 0.25) is 5.02 Å². The van der Waals surface area contributed by atoms with Gasteiger partial charge in [-0.15, -0.1) is 0 Å².